The van der Waals surface area contributed by atoms with Gasteiger partial charge in [0.2, 0.25) is 0 Å². The molecule has 0 radical (unpaired) electrons. The second-order valence-corrected chi connectivity index (χ2v) is 7.06. The zero-order valence-electron chi connectivity index (χ0n) is 19.3. The van der Waals surface area contributed by atoms with E-state index < -0.39 is 0 Å². The van der Waals surface area contributed by atoms with Gasteiger partial charge < -0.3 is 0 Å². The fourth-order valence-corrected chi connectivity index (χ4v) is 5.27. The van der Waals surface area contributed by atoms with Gasteiger partial charge in [-0.15, -0.1) is 0 Å². The number of hydrogen-bond donors (Lipinski definition) is 0. The van der Waals surface area contributed by atoms with Gasteiger partial charge in [0.15, 0.2) is 0 Å². The van der Waals surface area contributed by atoms with Crippen molar-refractivity contribution in [3.63, 3.8) is 0 Å². The SMILES string of the molecule is CC.CC.CC.CC1C2=C(C=C=C=C2)C2(c3ccccc3C(C)C2C)C1C. The second-order valence-electron chi connectivity index (χ2n) is 7.06. The first-order chi connectivity index (χ1) is 13.1. The molecule has 1 spiro atoms. The van der Waals surface area contributed by atoms with Crippen LogP contribution in [0.25, 0.3) is 0 Å². The van der Waals surface area contributed by atoms with Crippen molar-refractivity contribution >= 4 is 0 Å². The lowest BCUT2D eigenvalue weighted by Crippen LogP contribution is -2.37. The lowest BCUT2D eigenvalue weighted by molar-refractivity contribution is 0.231. The molecule has 148 valence electrons. The molecule has 0 fully saturated rings. The molecule has 0 saturated carbocycles. The van der Waals surface area contributed by atoms with Gasteiger partial charge in [0.25, 0.3) is 0 Å². The zero-order chi connectivity index (χ0) is 20.8. The largest absolute Gasteiger partial charge is 0.0699 e. The van der Waals surface area contributed by atoms with Crippen LogP contribution in [0.3, 0.4) is 0 Å². The quantitative estimate of drug-likeness (QED) is 0.407. The molecular formula is C27H40. The highest BCUT2D eigenvalue weighted by molar-refractivity contribution is 5.60. The van der Waals surface area contributed by atoms with E-state index in [0.717, 1.165) is 0 Å². The van der Waals surface area contributed by atoms with Crippen molar-refractivity contribution in [2.75, 3.05) is 0 Å². The lowest BCUT2D eigenvalue weighted by Gasteiger charge is -2.39. The van der Waals surface area contributed by atoms with E-state index in [1.54, 1.807) is 11.1 Å². The maximum absolute atomic E-state index is 3.23. The monoisotopic (exact) mass is 364 g/mol. The van der Waals surface area contributed by atoms with Crippen LogP contribution in [0, 0.1) is 17.8 Å². The topological polar surface area (TPSA) is 0 Å². The highest BCUT2D eigenvalue weighted by Crippen LogP contribution is 2.64. The minimum absolute atomic E-state index is 0.163. The fourth-order valence-electron chi connectivity index (χ4n) is 5.27. The van der Waals surface area contributed by atoms with Crippen molar-refractivity contribution in [1.82, 2.24) is 0 Å². The molecule has 0 heterocycles. The van der Waals surface area contributed by atoms with Gasteiger partial charge in [-0.25, -0.2) is 0 Å². The van der Waals surface area contributed by atoms with Gasteiger partial charge in [0.1, 0.15) is 0 Å². The number of allylic oxidation sites excluding steroid dienone is 4. The molecule has 0 saturated heterocycles. The Bertz CT molecular complexity index is 750. The molecule has 3 aliphatic carbocycles. The number of benzene rings is 1. The van der Waals surface area contributed by atoms with Gasteiger partial charge in [-0.2, -0.15) is 0 Å². The summed E-state index contributed by atoms with van der Waals surface area (Å²) in [5.74, 6) is 2.46. The summed E-state index contributed by atoms with van der Waals surface area (Å²) < 4.78 is 0. The fraction of sp³-hybridized carbons (Fsp3) is 0.556. The van der Waals surface area contributed by atoms with E-state index in [1.165, 1.54) is 11.1 Å². The Morgan fingerprint density at radius 3 is 1.85 bits per heavy atom. The molecule has 0 amide bonds. The molecule has 0 bridgehead atoms. The third kappa shape index (κ3) is 3.31. The van der Waals surface area contributed by atoms with E-state index in [1.807, 2.05) is 41.5 Å². The van der Waals surface area contributed by atoms with Gasteiger partial charge >= 0.3 is 0 Å². The number of hydrogen-bond acceptors (Lipinski definition) is 0. The van der Waals surface area contributed by atoms with Crippen LogP contribution < -0.4 is 0 Å². The number of rotatable bonds is 0. The Morgan fingerprint density at radius 1 is 0.704 bits per heavy atom. The summed E-state index contributed by atoms with van der Waals surface area (Å²) in [6.45, 7) is 21.7. The summed E-state index contributed by atoms with van der Waals surface area (Å²) in [7, 11) is 0. The number of fused-ring (bicyclic) bond motifs is 3. The van der Waals surface area contributed by atoms with Gasteiger partial charge in [-0.1, -0.05) is 105 Å². The predicted octanol–water partition coefficient (Wildman–Crippen LogP) is 8.22. The third-order valence-electron chi connectivity index (χ3n) is 6.61. The van der Waals surface area contributed by atoms with Crippen molar-refractivity contribution in [3.05, 3.63) is 70.2 Å². The molecule has 0 nitrogen and oxygen atoms in total. The molecule has 3 aliphatic rings. The van der Waals surface area contributed by atoms with E-state index in [2.05, 4.69) is 75.6 Å². The summed E-state index contributed by atoms with van der Waals surface area (Å²) >= 11 is 0. The van der Waals surface area contributed by atoms with E-state index >= 15 is 0 Å². The highest BCUT2D eigenvalue weighted by atomic mass is 14.6. The normalized spacial score (nSPS) is 31.2. The standard InChI is InChI=1S/C21H22.3C2H6/c1-13-15(3)21(19-11-7-5-9-17(13)19)16(4)14(2)18-10-6-8-12-20(18)21;3*1-2/h5,7,9-16H,1-4H3;3*1-2H3. The molecule has 1 aromatic carbocycles. The van der Waals surface area contributed by atoms with Crippen LogP contribution >= 0.6 is 0 Å². The predicted molar refractivity (Wildman–Crippen MR) is 121 cm³/mol. The van der Waals surface area contributed by atoms with Crippen molar-refractivity contribution in [2.24, 2.45) is 17.8 Å². The van der Waals surface area contributed by atoms with Gasteiger partial charge in [-0.3, -0.25) is 0 Å². The van der Waals surface area contributed by atoms with Crippen LogP contribution in [-0.2, 0) is 5.41 Å². The minimum Gasteiger partial charge on any atom is -0.0699 e. The molecule has 5 unspecified atom stereocenters. The van der Waals surface area contributed by atoms with Crippen molar-refractivity contribution in [2.45, 2.75) is 80.6 Å². The molecule has 4 rings (SSSR count). The third-order valence-corrected chi connectivity index (χ3v) is 6.61. The smallest absolute Gasteiger partial charge is 0.0277 e. The summed E-state index contributed by atoms with van der Waals surface area (Å²) in [6.07, 6.45) is 4.38. The molecule has 1 aromatic rings. The molecule has 0 heteroatoms. The van der Waals surface area contributed by atoms with Crippen LogP contribution in [0.2, 0.25) is 0 Å². The van der Waals surface area contributed by atoms with Crippen molar-refractivity contribution in [1.29, 1.82) is 0 Å². The Kier molecular flexibility index (Phi) is 8.61. The van der Waals surface area contributed by atoms with Gasteiger partial charge in [-0.05, 0) is 58.1 Å². The summed E-state index contributed by atoms with van der Waals surface area (Å²) in [5.41, 5.74) is 12.7. The Hall–Kier alpha value is -1.74. The van der Waals surface area contributed by atoms with Crippen LogP contribution in [0.4, 0.5) is 0 Å². The molecule has 0 aromatic heterocycles. The Balaban J connectivity index is 0.000000556. The first-order valence-corrected chi connectivity index (χ1v) is 11.1. The zero-order valence-corrected chi connectivity index (χ0v) is 19.3. The molecule has 0 aliphatic heterocycles. The van der Waals surface area contributed by atoms with Crippen LogP contribution in [-0.4, -0.2) is 0 Å². The van der Waals surface area contributed by atoms with E-state index in [-0.39, 0.29) is 5.41 Å². The maximum atomic E-state index is 3.23. The molecule has 0 N–H and O–H groups in total. The van der Waals surface area contributed by atoms with E-state index in [0.29, 0.717) is 23.7 Å². The van der Waals surface area contributed by atoms with Crippen molar-refractivity contribution in [3.8, 4) is 0 Å². The molecular weight excluding hydrogens is 324 g/mol. The Morgan fingerprint density at radius 2 is 1.22 bits per heavy atom. The highest BCUT2D eigenvalue weighted by Gasteiger charge is 2.58. The Labute approximate surface area is 168 Å². The summed E-state index contributed by atoms with van der Waals surface area (Å²) in [6, 6.07) is 9.10. The molecule has 27 heavy (non-hydrogen) atoms. The average Bonchev–Trinajstić information content (AvgIpc) is 3.13. The van der Waals surface area contributed by atoms with E-state index in [9.17, 15) is 0 Å². The minimum atomic E-state index is 0.163. The summed E-state index contributed by atoms with van der Waals surface area (Å²) in [5, 5.41) is 0. The maximum Gasteiger partial charge on any atom is 0.0277 e. The van der Waals surface area contributed by atoms with Gasteiger partial charge in [0.05, 0.1) is 0 Å². The summed E-state index contributed by atoms with van der Waals surface area (Å²) in [4.78, 5) is 0. The van der Waals surface area contributed by atoms with Crippen LogP contribution in [0.5, 0.6) is 0 Å². The van der Waals surface area contributed by atoms with Crippen molar-refractivity contribution < 1.29 is 0 Å². The first-order valence-electron chi connectivity index (χ1n) is 11.1. The first kappa shape index (κ1) is 23.3. The van der Waals surface area contributed by atoms with Crippen LogP contribution in [0.15, 0.2) is 59.0 Å². The van der Waals surface area contributed by atoms with E-state index in [4.69, 9.17) is 0 Å². The second kappa shape index (κ2) is 9.98. The average molecular weight is 365 g/mol. The van der Waals surface area contributed by atoms with Crippen LogP contribution in [0.1, 0.15) is 86.3 Å². The van der Waals surface area contributed by atoms with Gasteiger partial charge in [0, 0.05) is 5.41 Å². The lowest BCUT2D eigenvalue weighted by atomic mass is 9.63. The molecule has 5 atom stereocenters.